The number of carbonyl (C=O) groups is 2. The standard InChI is InChI=1S/C20H28N4O4/c1-20(2,3)24(19(26)27)16-8-14-11-23(21-15(14)9-17(16)28-5)12-18(25)22(4)10-13-6-7-13/h8-9,11,13H,6-7,10,12H2,1-5H3,(H,26,27). The summed E-state index contributed by atoms with van der Waals surface area (Å²) < 4.78 is 7.03. The maximum atomic E-state index is 12.4. The van der Waals surface area contributed by atoms with E-state index in [2.05, 4.69) is 5.10 Å². The van der Waals surface area contributed by atoms with Gasteiger partial charge in [0.15, 0.2) is 0 Å². The molecule has 1 aliphatic rings. The van der Waals surface area contributed by atoms with Gasteiger partial charge in [-0.05, 0) is 45.6 Å². The first-order valence-corrected chi connectivity index (χ1v) is 9.42. The van der Waals surface area contributed by atoms with Gasteiger partial charge in [0.1, 0.15) is 12.3 Å². The van der Waals surface area contributed by atoms with E-state index in [0.717, 1.165) is 11.9 Å². The maximum Gasteiger partial charge on any atom is 0.412 e. The number of methoxy groups -OCH3 is 1. The lowest BCUT2D eigenvalue weighted by molar-refractivity contribution is -0.130. The van der Waals surface area contributed by atoms with Crippen LogP contribution in [0.25, 0.3) is 10.9 Å². The molecular weight excluding hydrogens is 360 g/mol. The predicted octanol–water partition coefficient (Wildman–Crippen LogP) is 3.20. The number of carbonyl (C=O) groups excluding carboxylic acids is 1. The van der Waals surface area contributed by atoms with E-state index < -0.39 is 11.6 Å². The minimum absolute atomic E-state index is 0.00810. The molecule has 1 aromatic heterocycles. The molecule has 0 radical (unpaired) electrons. The minimum atomic E-state index is -1.06. The Morgan fingerprint density at radius 3 is 2.54 bits per heavy atom. The van der Waals surface area contributed by atoms with Crippen molar-refractivity contribution in [1.82, 2.24) is 14.7 Å². The summed E-state index contributed by atoms with van der Waals surface area (Å²) in [5.74, 6) is 1.07. The highest BCUT2D eigenvalue weighted by Gasteiger charge is 2.31. The van der Waals surface area contributed by atoms with Crippen LogP contribution in [0.1, 0.15) is 33.6 Å². The van der Waals surface area contributed by atoms with E-state index in [9.17, 15) is 14.7 Å². The van der Waals surface area contributed by atoms with Crippen molar-refractivity contribution in [2.45, 2.75) is 45.7 Å². The van der Waals surface area contributed by atoms with E-state index >= 15 is 0 Å². The quantitative estimate of drug-likeness (QED) is 0.821. The third-order valence-electron chi connectivity index (χ3n) is 4.91. The highest BCUT2D eigenvalue weighted by molar-refractivity contribution is 5.95. The summed E-state index contributed by atoms with van der Waals surface area (Å²) in [5.41, 5.74) is 0.453. The van der Waals surface area contributed by atoms with Crippen molar-refractivity contribution in [3.8, 4) is 5.75 Å². The molecule has 0 saturated heterocycles. The van der Waals surface area contributed by atoms with Gasteiger partial charge in [0, 0.05) is 36.8 Å². The molecule has 1 N–H and O–H groups in total. The maximum absolute atomic E-state index is 12.4. The number of benzene rings is 1. The summed E-state index contributed by atoms with van der Waals surface area (Å²) in [6, 6.07) is 3.46. The van der Waals surface area contributed by atoms with Crippen molar-refractivity contribution in [2.75, 3.05) is 25.6 Å². The zero-order chi connectivity index (χ0) is 20.6. The van der Waals surface area contributed by atoms with E-state index in [-0.39, 0.29) is 12.5 Å². The summed E-state index contributed by atoms with van der Waals surface area (Å²) in [4.78, 5) is 27.3. The number of fused-ring (bicyclic) bond motifs is 1. The lowest BCUT2D eigenvalue weighted by atomic mass is 10.0. The highest BCUT2D eigenvalue weighted by atomic mass is 16.5. The number of hydrogen-bond acceptors (Lipinski definition) is 4. The Bertz CT molecular complexity index is 895. The number of nitrogens with zero attached hydrogens (tertiary/aromatic N) is 4. The molecule has 2 aromatic rings. The molecule has 3 rings (SSSR count). The molecular formula is C20H28N4O4. The third kappa shape index (κ3) is 4.21. The van der Waals surface area contributed by atoms with Crippen molar-refractivity contribution in [3.05, 3.63) is 18.3 Å². The largest absolute Gasteiger partial charge is 0.494 e. The van der Waals surface area contributed by atoms with Crippen molar-refractivity contribution in [3.63, 3.8) is 0 Å². The Morgan fingerprint density at radius 2 is 2.00 bits per heavy atom. The van der Waals surface area contributed by atoms with Gasteiger partial charge in [-0.2, -0.15) is 5.10 Å². The second-order valence-corrected chi connectivity index (χ2v) is 8.42. The Balaban J connectivity index is 1.91. The molecule has 8 nitrogen and oxygen atoms in total. The van der Waals surface area contributed by atoms with Crippen LogP contribution < -0.4 is 9.64 Å². The smallest absolute Gasteiger partial charge is 0.412 e. The lowest BCUT2D eigenvalue weighted by Gasteiger charge is -2.33. The molecule has 1 aliphatic carbocycles. The van der Waals surface area contributed by atoms with Gasteiger partial charge in [-0.1, -0.05) is 0 Å². The Labute approximate surface area is 164 Å². The Hall–Kier alpha value is -2.77. The van der Waals surface area contributed by atoms with Crippen molar-refractivity contribution in [2.24, 2.45) is 5.92 Å². The summed E-state index contributed by atoms with van der Waals surface area (Å²) in [6.07, 6.45) is 3.10. The summed E-state index contributed by atoms with van der Waals surface area (Å²) in [6.45, 7) is 6.40. The van der Waals surface area contributed by atoms with Crippen LogP contribution >= 0.6 is 0 Å². The van der Waals surface area contributed by atoms with Crippen molar-refractivity contribution >= 4 is 28.6 Å². The fourth-order valence-corrected chi connectivity index (χ4v) is 3.31. The zero-order valence-corrected chi connectivity index (χ0v) is 17.1. The van der Waals surface area contributed by atoms with E-state index in [1.54, 1.807) is 27.9 Å². The molecule has 0 bridgehead atoms. The van der Waals surface area contributed by atoms with Crippen LogP contribution in [-0.4, -0.2) is 58.0 Å². The van der Waals surface area contributed by atoms with Crippen LogP contribution in [0.4, 0.5) is 10.5 Å². The van der Waals surface area contributed by atoms with Gasteiger partial charge >= 0.3 is 6.09 Å². The molecule has 2 amide bonds. The molecule has 8 heteroatoms. The molecule has 1 heterocycles. The van der Waals surface area contributed by atoms with E-state index in [0.29, 0.717) is 22.9 Å². The fourth-order valence-electron chi connectivity index (χ4n) is 3.31. The first-order valence-electron chi connectivity index (χ1n) is 9.42. The zero-order valence-electron chi connectivity index (χ0n) is 17.1. The van der Waals surface area contributed by atoms with Gasteiger partial charge in [-0.25, -0.2) is 4.79 Å². The van der Waals surface area contributed by atoms with E-state index in [1.807, 2.05) is 27.8 Å². The van der Waals surface area contributed by atoms with Gasteiger partial charge in [0.25, 0.3) is 0 Å². The van der Waals surface area contributed by atoms with Gasteiger partial charge in [-0.15, -0.1) is 0 Å². The van der Waals surface area contributed by atoms with Gasteiger partial charge in [0.2, 0.25) is 5.91 Å². The minimum Gasteiger partial charge on any atom is -0.494 e. The summed E-state index contributed by atoms with van der Waals surface area (Å²) in [5, 5.41) is 14.9. The molecule has 0 atom stereocenters. The molecule has 0 aliphatic heterocycles. The number of amides is 2. The number of carboxylic acid groups (broad SMARTS) is 1. The van der Waals surface area contributed by atoms with Crippen LogP contribution in [0.2, 0.25) is 0 Å². The lowest BCUT2D eigenvalue weighted by Crippen LogP contribution is -2.45. The topological polar surface area (TPSA) is 87.9 Å². The Kier molecular flexibility index (Phi) is 5.23. The van der Waals surface area contributed by atoms with E-state index in [4.69, 9.17) is 4.74 Å². The molecule has 28 heavy (non-hydrogen) atoms. The predicted molar refractivity (Wildman–Crippen MR) is 107 cm³/mol. The third-order valence-corrected chi connectivity index (χ3v) is 4.91. The number of anilines is 1. The molecule has 1 aromatic carbocycles. The van der Waals surface area contributed by atoms with Crippen LogP contribution in [0.3, 0.4) is 0 Å². The second kappa shape index (κ2) is 7.33. The first kappa shape index (κ1) is 20.0. The number of rotatable bonds is 6. The number of likely N-dealkylation sites (N-methyl/N-ethyl adjacent to an activating group) is 1. The summed E-state index contributed by atoms with van der Waals surface area (Å²) >= 11 is 0. The highest BCUT2D eigenvalue weighted by Crippen LogP contribution is 2.36. The molecule has 0 unspecified atom stereocenters. The number of ether oxygens (including phenoxy) is 1. The fraction of sp³-hybridized carbons (Fsp3) is 0.550. The van der Waals surface area contributed by atoms with Crippen LogP contribution in [0.5, 0.6) is 5.75 Å². The molecule has 1 fully saturated rings. The monoisotopic (exact) mass is 388 g/mol. The second-order valence-electron chi connectivity index (χ2n) is 8.42. The van der Waals surface area contributed by atoms with Gasteiger partial charge in [0.05, 0.1) is 18.3 Å². The van der Waals surface area contributed by atoms with Crippen molar-refractivity contribution < 1.29 is 19.4 Å². The Morgan fingerprint density at radius 1 is 1.32 bits per heavy atom. The van der Waals surface area contributed by atoms with Gasteiger partial charge in [-0.3, -0.25) is 14.4 Å². The van der Waals surface area contributed by atoms with Gasteiger partial charge < -0.3 is 14.7 Å². The number of hydrogen-bond donors (Lipinski definition) is 1. The van der Waals surface area contributed by atoms with E-state index in [1.165, 1.54) is 24.9 Å². The normalized spacial score (nSPS) is 14.2. The molecule has 0 spiro atoms. The first-order chi connectivity index (χ1) is 13.1. The van der Waals surface area contributed by atoms with Crippen LogP contribution in [-0.2, 0) is 11.3 Å². The summed E-state index contributed by atoms with van der Waals surface area (Å²) in [7, 11) is 3.32. The SMILES string of the molecule is COc1cc2nn(CC(=O)N(C)CC3CC3)cc2cc1N(C(=O)O)C(C)(C)C. The van der Waals surface area contributed by atoms with Crippen LogP contribution in [0, 0.1) is 5.92 Å². The molecule has 1 saturated carbocycles. The average molecular weight is 388 g/mol. The molecule has 152 valence electrons. The number of aromatic nitrogens is 2. The van der Waals surface area contributed by atoms with Crippen LogP contribution in [0.15, 0.2) is 18.3 Å². The average Bonchev–Trinajstić information content (AvgIpc) is 3.30. The van der Waals surface area contributed by atoms with Crippen molar-refractivity contribution in [1.29, 1.82) is 0 Å².